The van der Waals surface area contributed by atoms with Crippen molar-refractivity contribution in [3.05, 3.63) is 0 Å². The smallest absolute Gasteiger partial charge is 0.281 e. The third-order valence-corrected chi connectivity index (χ3v) is 6.67. The zero-order valence-corrected chi connectivity index (χ0v) is 13.0. The topological polar surface area (TPSA) is 52.7 Å². The predicted molar refractivity (Wildman–Crippen MR) is 77.2 cm³/mol. The van der Waals surface area contributed by atoms with Gasteiger partial charge in [-0.15, -0.1) is 0 Å². The van der Waals surface area contributed by atoms with Crippen molar-refractivity contribution in [2.45, 2.75) is 57.0 Å². The second-order valence-corrected chi connectivity index (χ2v) is 7.77. The van der Waals surface area contributed by atoms with Crippen LogP contribution in [0.1, 0.15) is 44.9 Å². The van der Waals surface area contributed by atoms with E-state index in [1.807, 2.05) is 7.05 Å². The average molecular weight is 289 g/mol. The first-order valence-electron chi connectivity index (χ1n) is 7.46. The summed E-state index contributed by atoms with van der Waals surface area (Å²) in [4.78, 5) is 0. The molecule has 1 saturated heterocycles. The van der Waals surface area contributed by atoms with E-state index in [0.717, 1.165) is 44.9 Å². The molecule has 1 heterocycles. The highest BCUT2D eigenvalue weighted by Crippen LogP contribution is 2.26. The molecule has 2 rings (SSSR count). The quantitative estimate of drug-likeness (QED) is 0.845. The van der Waals surface area contributed by atoms with Gasteiger partial charge in [0.25, 0.3) is 10.2 Å². The summed E-state index contributed by atoms with van der Waals surface area (Å²) in [6.45, 7) is 1.39. The van der Waals surface area contributed by atoms with Crippen molar-refractivity contribution < 1.29 is 8.42 Å². The third-order valence-electron chi connectivity index (χ3n) is 4.62. The van der Waals surface area contributed by atoms with E-state index in [2.05, 4.69) is 5.32 Å². The Morgan fingerprint density at radius 3 is 2.16 bits per heavy atom. The van der Waals surface area contributed by atoms with Crippen LogP contribution in [0.2, 0.25) is 0 Å². The summed E-state index contributed by atoms with van der Waals surface area (Å²) in [6, 6.07) is 0.735. The lowest BCUT2D eigenvalue weighted by molar-refractivity contribution is 0.233. The molecule has 0 amide bonds. The number of hydrogen-bond donors (Lipinski definition) is 1. The fourth-order valence-corrected chi connectivity index (χ4v) is 4.87. The Bertz CT molecular complexity index is 371. The van der Waals surface area contributed by atoms with Crippen molar-refractivity contribution in [3.63, 3.8) is 0 Å². The van der Waals surface area contributed by atoms with Crippen molar-refractivity contribution in [2.24, 2.45) is 0 Å². The van der Waals surface area contributed by atoms with Crippen molar-refractivity contribution in [1.29, 1.82) is 0 Å². The van der Waals surface area contributed by atoms with Crippen LogP contribution in [-0.2, 0) is 10.2 Å². The van der Waals surface area contributed by atoms with Gasteiger partial charge in [-0.2, -0.15) is 17.0 Å². The van der Waals surface area contributed by atoms with Gasteiger partial charge in [-0.05, 0) is 45.6 Å². The van der Waals surface area contributed by atoms with Crippen molar-refractivity contribution in [3.8, 4) is 0 Å². The largest absolute Gasteiger partial charge is 0.317 e. The normalized spacial score (nSPS) is 30.7. The minimum Gasteiger partial charge on any atom is -0.317 e. The molecule has 0 unspecified atom stereocenters. The summed E-state index contributed by atoms with van der Waals surface area (Å²) >= 11 is 0. The maximum atomic E-state index is 12.6. The minimum absolute atomic E-state index is 0.177. The van der Waals surface area contributed by atoms with Crippen LogP contribution in [0.25, 0.3) is 0 Å². The van der Waals surface area contributed by atoms with Crippen LogP contribution >= 0.6 is 0 Å². The zero-order valence-electron chi connectivity index (χ0n) is 12.1. The first-order chi connectivity index (χ1) is 9.05. The first kappa shape index (κ1) is 15.2. The van der Waals surface area contributed by atoms with Crippen LogP contribution in [0.3, 0.4) is 0 Å². The number of nitrogens with zero attached hydrogens (tertiary/aromatic N) is 2. The molecule has 0 bridgehead atoms. The van der Waals surface area contributed by atoms with Gasteiger partial charge in [-0.3, -0.25) is 0 Å². The maximum absolute atomic E-state index is 12.6. The van der Waals surface area contributed by atoms with Crippen LogP contribution in [0.5, 0.6) is 0 Å². The summed E-state index contributed by atoms with van der Waals surface area (Å²) in [5.41, 5.74) is 0. The molecular weight excluding hydrogens is 262 g/mol. The molecule has 1 aliphatic carbocycles. The molecule has 2 fully saturated rings. The van der Waals surface area contributed by atoms with E-state index in [1.165, 1.54) is 0 Å². The van der Waals surface area contributed by atoms with Crippen LogP contribution in [-0.4, -0.2) is 56.3 Å². The lowest BCUT2D eigenvalue weighted by Crippen LogP contribution is -2.49. The molecule has 1 aliphatic heterocycles. The van der Waals surface area contributed by atoms with E-state index >= 15 is 0 Å². The first-order valence-corrected chi connectivity index (χ1v) is 8.85. The molecule has 5 nitrogen and oxygen atoms in total. The highest BCUT2D eigenvalue weighted by molar-refractivity contribution is 7.86. The van der Waals surface area contributed by atoms with Gasteiger partial charge >= 0.3 is 0 Å². The molecule has 0 aromatic heterocycles. The van der Waals surface area contributed by atoms with Crippen LogP contribution in [0, 0.1) is 0 Å². The van der Waals surface area contributed by atoms with Gasteiger partial charge < -0.3 is 5.32 Å². The predicted octanol–water partition coefficient (Wildman–Crippen LogP) is 1.18. The fraction of sp³-hybridized carbons (Fsp3) is 1.00. The van der Waals surface area contributed by atoms with Gasteiger partial charge in [0, 0.05) is 32.2 Å². The molecule has 112 valence electrons. The van der Waals surface area contributed by atoms with Crippen molar-refractivity contribution >= 4 is 10.2 Å². The van der Waals surface area contributed by atoms with E-state index in [4.69, 9.17) is 0 Å². The zero-order chi connectivity index (χ0) is 13.9. The minimum atomic E-state index is -3.24. The average Bonchev–Trinajstić information content (AvgIpc) is 2.47. The Hall–Kier alpha value is -0.170. The standard InChI is InChI=1S/C13H27N3O2S/c1-14-12-6-8-13(9-7-12)15(2)19(17,18)16-10-4-3-5-11-16/h12-14H,3-11H2,1-2H3. The van der Waals surface area contributed by atoms with E-state index in [-0.39, 0.29) is 6.04 Å². The van der Waals surface area contributed by atoms with Gasteiger partial charge in [0.15, 0.2) is 0 Å². The van der Waals surface area contributed by atoms with E-state index < -0.39 is 10.2 Å². The summed E-state index contributed by atoms with van der Waals surface area (Å²) < 4.78 is 28.4. The molecule has 0 aromatic rings. The monoisotopic (exact) mass is 289 g/mol. The molecule has 1 N–H and O–H groups in total. The summed E-state index contributed by atoms with van der Waals surface area (Å²) in [5.74, 6) is 0. The van der Waals surface area contributed by atoms with Crippen LogP contribution in [0.4, 0.5) is 0 Å². The lowest BCUT2D eigenvalue weighted by atomic mass is 9.91. The molecular formula is C13H27N3O2S. The second-order valence-electron chi connectivity index (χ2n) is 5.78. The van der Waals surface area contributed by atoms with Gasteiger partial charge in [-0.25, -0.2) is 0 Å². The number of piperidine rings is 1. The number of hydrogen-bond acceptors (Lipinski definition) is 3. The summed E-state index contributed by atoms with van der Waals surface area (Å²) in [6.07, 6.45) is 7.23. The highest BCUT2D eigenvalue weighted by atomic mass is 32.2. The van der Waals surface area contributed by atoms with E-state index in [1.54, 1.807) is 15.7 Å². The van der Waals surface area contributed by atoms with E-state index in [9.17, 15) is 8.42 Å². The molecule has 0 spiro atoms. The van der Waals surface area contributed by atoms with Gasteiger partial charge in [0.1, 0.15) is 0 Å². The van der Waals surface area contributed by atoms with Gasteiger partial charge in [-0.1, -0.05) is 6.42 Å². The molecule has 0 radical (unpaired) electrons. The Balaban J connectivity index is 1.96. The van der Waals surface area contributed by atoms with Crippen LogP contribution < -0.4 is 5.32 Å². The fourth-order valence-electron chi connectivity index (χ4n) is 3.19. The second kappa shape index (κ2) is 6.52. The molecule has 1 saturated carbocycles. The molecule has 19 heavy (non-hydrogen) atoms. The summed E-state index contributed by atoms with van der Waals surface area (Å²) in [5, 5.41) is 3.29. The number of rotatable bonds is 4. The molecule has 0 atom stereocenters. The van der Waals surface area contributed by atoms with Gasteiger partial charge in [0.2, 0.25) is 0 Å². The third kappa shape index (κ3) is 3.48. The lowest BCUT2D eigenvalue weighted by Gasteiger charge is -2.37. The Kier molecular flexibility index (Phi) is 5.22. The summed E-state index contributed by atoms with van der Waals surface area (Å²) in [7, 11) is 0.504. The van der Waals surface area contributed by atoms with Crippen molar-refractivity contribution in [1.82, 2.24) is 13.9 Å². The Labute approximate surface area is 117 Å². The molecule has 0 aromatic carbocycles. The molecule has 6 heteroatoms. The number of nitrogens with one attached hydrogen (secondary N) is 1. The maximum Gasteiger partial charge on any atom is 0.281 e. The Morgan fingerprint density at radius 2 is 1.63 bits per heavy atom. The van der Waals surface area contributed by atoms with Gasteiger partial charge in [0.05, 0.1) is 0 Å². The van der Waals surface area contributed by atoms with Crippen LogP contribution in [0.15, 0.2) is 0 Å². The van der Waals surface area contributed by atoms with E-state index in [0.29, 0.717) is 19.1 Å². The molecule has 2 aliphatic rings. The highest BCUT2D eigenvalue weighted by Gasteiger charge is 2.34. The Morgan fingerprint density at radius 1 is 1.05 bits per heavy atom. The SMILES string of the molecule is CNC1CCC(N(C)S(=O)(=O)N2CCCCC2)CC1. The van der Waals surface area contributed by atoms with Crippen molar-refractivity contribution in [2.75, 3.05) is 27.2 Å².